The normalized spacial score (nSPS) is 21.1. The van der Waals surface area contributed by atoms with Crippen molar-refractivity contribution in [2.24, 2.45) is 0 Å². The zero-order valence-electron chi connectivity index (χ0n) is 21.3. The molecule has 2 aliphatic rings. The lowest BCUT2D eigenvalue weighted by molar-refractivity contribution is -0.125. The zero-order valence-corrected chi connectivity index (χ0v) is 24.4. The molecule has 2 aliphatic heterocycles. The fraction of sp³-hybridized carbons (Fsp3) is 0.444. The topological polar surface area (TPSA) is 70.2 Å². The lowest BCUT2D eigenvalue weighted by Crippen LogP contribution is -2.56. The number of carbonyl (C=O) groups is 3. The van der Waals surface area contributed by atoms with Crippen LogP contribution in [-0.2, 0) is 16.0 Å². The van der Waals surface area contributed by atoms with Gasteiger partial charge in [-0.15, -0.1) is 0 Å². The number of nitrogens with zero attached hydrogens (tertiary/aromatic N) is 3. The van der Waals surface area contributed by atoms with Gasteiger partial charge in [-0.2, -0.15) is 0 Å². The molecule has 7 nitrogen and oxygen atoms in total. The van der Waals surface area contributed by atoms with Crippen LogP contribution >= 0.6 is 39.1 Å². The fourth-order valence-corrected chi connectivity index (χ4v) is 5.78. The summed E-state index contributed by atoms with van der Waals surface area (Å²) in [6.07, 6.45) is 1.01. The molecule has 4 rings (SSSR count). The molecule has 198 valence electrons. The summed E-state index contributed by atoms with van der Waals surface area (Å²) in [5.41, 5.74) is -0.469. The smallest absolute Gasteiger partial charge is 0.410 e. The van der Waals surface area contributed by atoms with Crippen LogP contribution in [0.15, 0.2) is 46.9 Å². The summed E-state index contributed by atoms with van der Waals surface area (Å²) < 4.78 is 6.45. The molecule has 0 N–H and O–H groups in total. The first-order valence-electron chi connectivity index (χ1n) is 12.1. The molecule has 0 bridgehead atoms. The predicted octanol–water partition coefficient (Wildman–Crippen LogP) is 6.93. The number of likely N-dealkylation sites (tertiary alicyclic amines) is 1. The summed E-state index contributed by atoms with van der Waals surface area (Å²) >= 11 is 15.9. The van der Waals surface area contributed by atoms with Gasteiger partial charge in [-0.3, -0.25) is 4.79 Å². The number of ether oxygens (including phenoxy) is 1. The van der Waals surface area contributed by atoms with Crippen molar-refractivity contribution in [1.82, 2.24) is 9.80 Å². The monoisotopic (exact) mass is 609 g/mol. The summed E-state index contributed by atoms with van der Waals surface area (Å²) in [7, 11) is 0. The van der Waals surface area contributed by atoms with E-state index in [0.717, 1.165) is 10.0 Å². The number of urea groups is 1. The van der Waals surface area contributed by atoms with E-state index in [-0.39, 0.29) is 18.0 Å². The van der Waals surface area contributed by atoms with E-state index in [2.05, 4.69) is 15.9 Å². The van der Waals surface area contributed by atoms with Crippen molar-refractivity contribution in [3.05, 3.63) is 62.5 Å². The summed E-state index contributed by atoms with van der Waals surface area (Å²) in [4.78, 5) is 45.0. The zero-order chi connectivity index (χ0) is 27.1. The van der Waals surface area contributed by atoms with Gasteiger partial charge in [0.15, 0.2) is 0 Å². The van der Waals surface area contributed by atoms with Crippen LogP contribution < -0.4 is 4.90 Å². The number of benzene rings is 2. The summed E-state index contributed by atoms with van der Waals surface area (Å²) in [6, 6.07) is 11.7. The van der Waals surface area contributed by atoms with Crippen molar-refractivity contribution in [2.75, 3.05) is 18.0 Å². The van der Waals surface area contributed by atoms with E-state index >= 15 is 0 Å². The van der Waals surface area contributed by atoms with Crippen LogP contribution in [0.1, 0.15) is 46.1 Å². The van der Waals surface area contributed by atoms with Crippen LogP contribution in [0.3, 0.4) is 0 Å². The molecule has 0 aliphatic carbocycles. The molecule has 0 radical (unpaired) electrons. The molecule has 0 unspecified atom stereocenters. The number of anilines is 1. The summed E-state index contributed by atoms with van der Waals surface area (Å²) in [6.45, 7) is 8.15. The van der Waals surface area contributed by atoms with E-state index in [0.29, 0.717) is 48.1 Å². The minimum absolute atomic E-state index is 0.241. The molecule has 2 saturated heterocycles. The van der Waals surface area contributed by atoms with E-state index in [1.54, 1.807) is 28.0 Å². The highest BCUT2D eigenvalue weighted by Gasteiger charge is 2.57. The Morgan fingerprint density at radius 2 is 1.62 bits per heavy atom. The minimum Gasteiger partial charge on any atom is -0.444 e. The average Bonchev–Trinajstić information content (AvgIpc) is 2.98. The van der Waals surface area contributed by atoms with Gasteiger partial charge in [-0.05, 0) is 76.4 Å². The van der Waals surface area contributed by atoms with Crippen LogP contribution in [0.25, 0.3) is 0 Å². The number of rotatable bonds is 4. The molecule has 0 saturated carbocycles. The van der Waals surface area contributed by atoms with E-state index in [4.69, 9.17) is 27.9 Å². The molecule has 2 fully saturated rings. The lowest BCUT2D eigenvalue weighted by Gasteiger charge is -2.42. The van der Waals surface area contributed by atoms with E-state index in [1.165, 1.54) is 4.90 Å². The Balaban J connectivity index is 1.65. The molecule has 4 amide bonds. The Hall–Kier alpha value is -2.29. The predicted molar refractivity (Wildman–Crippen MR) is 148 cm³/mol. The minimum atomic E-state index is -1.14. The molecule has 1 atom stereocenters. The second-order valence-corrected chi connectivity index (χ2v) is 12.5. The second kappa shape index (κ2) is 10.5. The first-order chi connectivity index (χ1) is 17.3. The first kappa shape index (κ1) is 27.7. The Labute approximate surface area is 235 Å². The molecule has 0 aromatic heterocycles. The van der Waals surface area contributed by atoms with Crippen molar-refractivity contribution < 1.29 is 19.1 Å². The van der Waals surface area contributed by atoms with Crippen LogP contribution in [0.5, 0.6) is 0 Å². The third-order valence-corrected chi connectivity index (χ3v) is 7.61. The van der Waals surface area contributed by atoms with Gasteiger partial charge < -0.3 is 14.5 Å². The number of imide groups is 1. The van der Waals surface area contributed by atoms with E-state index < -0.39 is 17.2 Å². The van der Waals surface area contributed by atoms with Gasteiger partial charge in [-0.1, -0.05) is 51.3 Å². The third-order valence-electron chi connectivity index (χ3n) is 6.64. The van der Waals surface area contributed by atoms with Crippen molar-refractivity contribution in [1.29, 1.82) is 0 Å². The highest BCUT2D eigenvalue weighted by molar-refractivity contribution is 9.10. The Morgan fingerprint density at radius 1 is 1.05 bits per heavy atom. The van der Waals surface area contributed by atoms with Gasteiger partial charge in [0.25, 0.3) is 5.91 Å². The number of amides is 4. The molecule has 37 heavy (non-hydrogen) atoms. The average molecular weight is 611 g/mol. The standard InChI is InChI=1S/C27H30BrCl2N3O4/c1-26(2,3)37-25(36)31-11-9-21(10-12-31)33-24(35)32(22-14-19(29)13-20(30)15-22)23(34)27(33,4)16-17-5-7-18(28)8-6-17/h5-8,13-15,21H,9-12,16H2,1-4H3/t27-/m1/s1. The fourth-order valence-electron chi connectivity index (χ4n) is 5.00. The molecule has 2 heterocycles. The van der Waals surface area contributed by atoms with E-state index in [9.17, 15) is 14.4 Å². The number of halogens is 3. The Morgan fingerprint density at radius 3 is 2.16 bits per heavy atom. The van der Waals surface area contributed by atoms with Crippen molar-refractivity contribution in [3.8, 4) is 0 Å². The summed E-state index contributed by atoms with van der Waals surface area (Å²) in [5.74, 6) is -0.340. The molecule has 10 heteroatoms. The quantitative estimate of drug-likeness (QED) is 0.352. The van der Waals surface area contributed by atoms with Crippen LogP contribution in [0, 0.1) is 0 Å². The maximum Gasteiger partial charge on any atom is 0.410 e. The lowest BCUT2D eigenvalue weighted by atomic mass is 9.88. The number of piperidine rings is 1. The van der Waals surface area contributed by atoms with Crippen LogP contribution in [-0.4, -0.2) is 58.1 Å². The van der Waals surface area contributed by atoms with Gasteiger partial charge in [0.1, 0.15) is 11.1 Å². The van der Waals surface area contributed by atoms with Gasteiger partial charge in [-0.25, -0.2) is 14.5 Å². The maximum absolute atomic E-state index is 14.0. The van der Waals surface area contributed by atoms with Crippen molar-refractivity contribution >= 4 is 62.9 Å². The van der Waals surface area contributed by atoms with Gasteiger partial charge in [0.05, 0.1) is 5.69 Å². The number of hydrogen-bond donors (Lipinski definition) is 0. The number of carbonyl (C=O) groups excluding carboxylic acids is 3. The van der Waals surface area contributed by atoms with Crippen LogP contribution in [0.2, 0.25) is 10.0 Å². The largest absolute Gasteiger partial charge is 0.444 e. The van der Waals surface area contributed by atoms with Crippen molar-refractivity contribution in [2.45, 2.75) is 64.1 Å². The first-order valence-corrected chi connectivity index (χ1v) is 13.7. The highest BCUT2D eigenvalue weighted by Crippen LogP contribution is 2.40. The molecule has 0 spiro atoms. The molecular formula is C27H30BrCl2N3O4. The van der Waals surface area contributed by atoms with E-state index in [1.807, 2.05) is 52.0 Å². The van der Waals surface area contributed by atoms with Crippen LogP contribution in [0.4, 0.5) is 15.3 Å². The number of hydrogen-bond acceptors (Lipinski definition) is 4. The van der Waals surface area contributed by atoms with Gasteiger partial charge >= 0.3 is 12.1 Å². The summed E-state index contributed by atoms with van der Waals surface area (Å²) in [5, 5.41) is 0.670. The molecule has 2 aromatic carbocycles. The Bertz CT molecular complexity index is 1190. The van der Waals surface area contributed by atoms with Gasteiger partial charge in [0.2, 0.25) is 0 Å². The molecule has 2 aromatic rings. The second-order valence-electron chi connectivity index (χ2n) is 10.7. The van der Waals surface area contributed by atoms with Gasteiger partial charge in [0, 0.05) is 40.1 Å². The highest BCUT2D eigenvalue weighted by atomic mass is 79.9. The van der Waals surface area contributed by atoms with Crippen molar-refractivity contribution in [3.63, 3.8) is 0 Å². The SMILES string of the molecule is CC(C)(C)OC(=O)N1CCC(N2C(=O)N(c3cc(Cl)cc(Cl)c3)C(=O)[C@@]2(C)Cc2ccc(Br)cc2)CC1. The molecular weight excluding hydrogens is 581 g/mol. The third kappa shape index (κ3) is 5.91. The maximum atomic E-state index is 14.0. The Kier molecular flexibility index (Phi) is 7.84.